The number of rotatable bonds is 8. The minimum absolute atomic E-state index is 0.187. The molecule has 0 aromatic heterocycles. The standard InChI is InChI=1S/C23H22ClNO3/c1-17-21(24)9-5-10-22(17)25-23(26)18-11-13-20(14-12-18)28-16-6-15-27-19-7-3-2-4-8-19/h2-5,7-14H,6,15-16H2,1H3,(H,25,26). The number of carbonyl (C=O) groups is 1. The van der Waals surface area contributed by atoms with Crippen molar-refractivity contribution in [3.8, 4) is 11.5 Å². The summed E-state index contributed by atoms with van der Waals surface area (Å²) in [4.78, 5) is 12.4. The summed E-state index contributed by atoms with van der Waals surface area (Å²) in [6, 6.07) is 22.2. The van der Waals surface area contributed by atoms with Crippen LogP contribution in [0.25, 0.3) is 0 Å². The molecule has 0 bridgehead atoms. The van der Waals surface area contributed by atoms with Crippen molar-refractivity contribution >= 4 is 23.2 Å². The monoisotopic (exact) mass is 395 g/mol. The Hall–Kier alpha value is -2.98. The topological polar surface area (TPSA) is 47.6 Å². The van der Waals surface area contributed by atoms with Gasteiger partial charge >= 0.3 is 0 Å². The van der Waals surface area contributed by atoms with Crippen LogP contribution in [0, 0.1) is 6.92 Å². The highest BCUT2D eigenvalue weighted by atomic mass is 35.5. The van der Waals surface area contributed by atoms with Crippen LogP contribution in [-0.2, 0) is 0 Å². The lowest BCUT2D eigenvalue weighted by molar-refractivity contribution is 0.102. The molecule has 0 atom stereocenters. The minimum atomic E-state index is -0.187. The van der Waals surface area contributed by atoms with Gasteiger partial charge in [0.05, 0.1) is 13.2 Å². The molecule has 0 aliphatic heterocycles. The molecule has 3 aromatic carbocycles. The fourth-order valence-corrected chi connectivity index (χ4v) is 2.77. The van der Waals surface area contributed by atoms with Crippen LogP contribution >= 0.6 is 11.6 Å². The van der Waals surface area contributed by atoms with Crippen molar-refractivity contribution in [2.45, 2.75) is 13.3 Å². The third-order valence-electron chi connectivity index (χ3n) is 4.20. The van der Waals surface area contributed by atoms with Crippen LogP contribution in [0.1, 0.15) is 22.3 Å². The Morgan fingerprint density at radius 2 is 1.50 bits per heavy atom. The van der Waals surface area contributed by atoms with E-state index in [-0.39, 0.29) is 5.91 Å². The molecule has 1 N–H and O–H groups in total. The molecule has 0 fully saturated rings. The van der Waals surface area contributed by atoms with E-state index in [0.717, 1.165) is 23.5 Å². The molecule has 0 saturated carbocycles. The zero-order valence-corrected chi connectivity index (χ0v) is 16.4. The molecule has 0 aliphatic carbocycles. The molecule has 0 aliphatic rings. The average Bonchev–Trinajstić information content (AvgIpc) is 2.72. The maximum absolute atomic E-state index is 12.4. The minimum Gasteiger partial charge on any atom is -0.493 e. The zero-order chi connectivity index (χ0) is 19.8. The molecule has 1 amide bonds. The summed E-state index contributed by atoms with van der Waals surface area (Å²) in [5.74, 6) is 1.39. The second-order valence-electron chi connectivity index (χ2n) is 6.25. The van der Waals surface area contributed by atoms with Crippen LogP contribution in [0.4, 0.5) is 5.69 Å². The lowest BCUT2D eigenvalue weighted by atomic mass is 10.1. The number of nitrogens with one attached hydrogen (secondary N) is 1. The molecule has 0 radical (unpaired) electrons. The van der Waals surface area contributed by atoms with Crippen molar-refractivity contribution in [1.82, 2.24) is 0 Å². The van der Waals surface area contributed by atoms with Crippen molar-refractivity contribution in [2.75, 3.05) is 18.5 Å². The molecule has 28 heavy (non-hydrogen) atoms. The summed E-state index contributed by atoms with van der Waals surface area (Å²) >= 11 is 6.09. The first-order valence-corrected chi connectivity index (χ1v) is 9.48. The number of halogens is 1. The fourth-order valence-electron chi connectivity index (χ4n) is 2.60. The number of hydrogen-bond donors (Lipinski definition) is 1. The third kappa shape index (κ3) is 5.51. The second-order valence-corrected chi connectivity index (χ2v) is 6.66. The van der Waals surface area contributed by atoms with Crippen molar-refractivity contribution in [1.29, 1.82) is 0 Å². The molecular formula is C23H22ClNO3. The third-order valence-corrected chi connectivity index (χ3v) is 4.61. The van der Waals surface area contributed by atoms with Crippen LogP contribution in [0.3, 0.4) is 0 Å². The van der Waals surface area contributed by atoms with Gasteiger partial charge in [-0.2, -0.15) is 0 Å². The van der Waals surface area contributed by atoms with Crippen molar-refractivity contribution in [2.24, 2.45) is 0 Å². The molecule has 0 heterocycles. The van der Waals surface area contributed by atoms with E-state index in [1.165, 1.54) is 0 Å². The maximum atomic E-state index is 12.4. The number of hydrogen-bond acceptors (Lipinski definition) is 3. The van der Waals surface area contributed by atoms with E-state index in [1.807, 2.05) is 49.4 Å². The number of carbonyl (C=O) groups excluding carboxylic acids is 1. The summed E-state index contributed by atoms with van der Waals surface area (Å²) in [5.41, 5.74) is 2.10. The molecule has 0 saturated heterocycles. The van der Waals surface area contributed by atoms with Gasteiger partial charge in [-0.15, -0.1) is 0 Å². The Morgan fingerprint density at radius 3 is 2.18 bits per heavy atom. The molecular weight excluding hydrogens is 374 g/mol. The lowest BCUT2D eigenvalue weighted by Gasteiger charge is -2.10. The highest BCUT2D eigenvalue weighted by Crippen LogP contribution is 2.23. The Kier molecular flexibility index (Phi) is 6.93. The Morgan fingerprint density at radius 1 is 0.857 bits per heavy atom. The number of ether oxygens (including phenoxy) is 2. The Bertz CT molecular complexity index is 911. The quantitative estimate of drug-likeness (QED) is 0.494. The first kappa shape index (κ1) is 19.8. The van der Waals surface area contributed by atoms with Crippen LogP contribution in [0.2, 0.25) is 5.02 Å². The summed E-state index contributed by atoms with van der Waals surface area (Å²) in [5, 5.41) is 3.50. The normalized spacial score (nSPS) is 10.4. The van der Waals surface area contributed by atoms with Gasteiger partial charge in [0, 0.05) is 22.7 Å². The summed E-state index contributed by atoms with van der Waals surface area (Å²) < 4.78 is 11.3. The van der Waals surface area contributed by atoms with Crippen LogP contribution < -0.4 is 14.8 Å². The highest BCUT2D eigenvalue weighted by molar-refractivity contribution is 6.31. The lowest BCUT2D eigenvalue weighted by Crippen LogP contribution is -2.12. The van der Waals surface area contributed by atoms with Gasteiger partial charge in [-0.3, -0.25) is 4.79 Å². The van der Waals surface area contributed by atoms with E-state index in [2.05, 4.69) is 5.32 Å². The average molecular weight is 396 g/mol. The molecule has 0 spiro atoms. The van der Waals surface area contributed by atoms with Gasteiger partial charge in [0.25, 0.3) is 5.91 Å². The van der Waals surface area contributed by atoms with Crippen molar-refractivity contribution < 1.29 is 14.3 Å². The fraction of sp³-hybridized carbons (Fsp3) is 0.174. The van der Waals surface area contributed by atoms with E-state index < -0.39 is 0 Å². The van der Waals surface area contributed by atoms with E-state index in [0.29, 0.717) is 29.5 Å². The van der Waals surface area contributed by atoms with Gasteiger partial charge in [0.2, 0.25) is 0 Å². The molecule has 5 heteroatoms. The van der Waals surface area contributed by atoms with Gasteiger partial charge in [-0.1, -0.05) is 35.9 Å². The van der Waals surface area contributed by atoms with Gasteiger partial charge in [-0.25, -0.2) is 0 Å². The first-order valence-electron chi connectivity index (χ1n) is 9.10. The van der Waals surface area contributed by atoms with Gasteiger partial charge in [0.15, 0.2) is 0 Å². The Labute approximate surface area is 170 Å². The van der Waals surface area contributed by atoms with Gasteiger partial charge < -0.3 is 14.8 Å². The second kappa shape index (κ2) is 9.81. The van der Waals surface area contributed by atoms with Crippen molar-refractivity contribution in [3.05, 3.63) is 88.9 Å². The van der Waals surface area contributed by atoms with E-state index in [4.69, 9.17) is 21.1 Å². The Balaban J connectivity index is 1.45. The summed E-state index contributed by atoms with van der Waals surface area (Å²) in [7, 11) is 0. The van der Waals surface area contributed by atoms with Gasteiger partial charge in [0.1, 0.15) is 11.5 Å². The zero-order valence-electron chi connectivity index (χ0n) is 15.7. The number of para-hydroxylation sites is 1. The number of benzene rings is 3. The van der Waals surface area contributed by atoms with E-state index >= 15 is 0 Å². The largest absolute Gasteiger partial charge is 0.493 e. The number of amides is 1. The molecule has 3 aromatic rings. The van der Waals surface area contributed by atoms with Crippen LogP contribution in [0.5, 0.6) is 11.5 Å². The molecule has 0 unspecified atom stereocenters. The number of anilines is 1. The molecule has 4 nitrogen and oxygen atoms in total. The summed E-state index contributed by atoms with van der Waals surface area (Å²) in [6.07, 6.45) is 0.769. The predicted molar refractivity (Wildman–Crippen MR) is 113 cm³/mol. The van der Waals surface area contributed by atoms with Crippen molar-refractivity contribution in [3.63, 3.8) is 0 Å². The van der Waals surface area contributed by atoms with Crippen LogP contribution in [0.15, 0.2) is 72.8 Å². The maximum Gasteiger partial charge on any atom is 0.255 e. The first-order chi connectivity index (χ1) is 13.6. The highest BCUT2D eigenvalue weighted by Gasteiger charge is 2.09. The smallest absolute Gasteiger partial charge is 0.255 e. The summed E-state index contributed by atoms with van der Waals surface area (Å²) in [6.45, 7) is 3.00. The van der Waals surface area contributed by atoms with Crippen LogP contribution in [-0.4, -0.2) is 19.1 Å². The predicted octanol–water partition coefficient (Wildman–Crippen LogP) is 5.75. The van der Waals surface area contributed by atoms with Gasteiger partial charge in [-0.05, 0) is 61.0 Å². The molecule has 144 valence electrons. The van der Waals surface area contributed by atoms with E-state index in [1.54, 1.807) is 30.3 Å². The molecule has 3 rings (SSSR count). The SMILES string of the molecule is Cc1c(Cl)cccc1NC(=O)c1ccc(OCCCOc2ccccc2)cc1. The van der Waals surface area contributed by atoms with E-state index in [9.17, 15) is 4.79 Å².